The summed E-state index contributed by atoms with van der Waals surface area (Å²) in [5.41, 5.74) is 3.34. The summed E-state index contributed by atoms with van der Waals surface area (Å²) < 4.78 is 1.25. The SMILES string of the molecule is CNc1cc(Cl)nc2c1C(I)=CC2. The van der Waals surface area contributed by atoms with Crippen LogP contribution in [-0.4, -0.2) is 12.0 Å². The van der Waals surface area contributed by atoms with Crippen molar-refractivity contribution >= 4 is 43.5 Å². The fourth-order valence-corrected chi connectivity index (χ4v) is 2.50. The maximum Gasteiger partial charge on any atom is 0.131 e. The summed E-state index contributed by atoms with van der Waals surface area (Å²) in [6.45, 7) is 0. The predicted octanol–water partition coefficient (Wildman–Crippen LogP) is 3.11. The van der Waals surface area contributed by atoms with E-state index in [0.717, 1.165) is 17.8 Å². The molecule has 13 heavy (non-hydrogen) atoms. The van der Waals surface area contributed by atoms with Crippen molar-refractivity contribution in [3.8, 4) is 0 Å². The van der Waals surface area contributed by atoms with Crippen molar-refractivity contribution < 1.29 is 0 Å². The lowest BCUT2D eigenvalue weighted by Crippen LogP contribution is -1.97. The van der Waals surface area contributed by atoms with Gasteiger partial charge in [0, 0.05) is 28.3 Å². The lowest BCUT2D eigenvalue weighted by Gasteiger charge is -2.08. The van der Waals surface area contributed by atoms with Crippen LogP contribution in [0.15, 0.2) is 12.1 Å². The van der Waals surface area contributed by atoms with Gasteiger partial charge in [-0.1, -0.05) is 17.7 Å². The summed E-state index contributed by atoms with van der Waals surface area (Å²) in [6, 6.07) is 1.86. The van der Waals surface area contributed by atoms with Crippen molar-refractivity contribution in [3.63, 3.8) is 0 Å². The summed E-state index contributed by atoms with van der Waals surface area (Å²) >= 11 is 8.20. The van der Waals surface area contributed by atoms with Gasteiger partial charge in [-0.05, 0) is 28.7 Å². The molecule has 2 rings (SSSR count). The molecule has 1 heterocycles. The normalized spacial score (nSPS) is 13.9. The Morgan fingerprint density at radius 3 is 3.08 bits per heavy atom. The second kappa shape index (κ2) is 3.46. The van der Waals surface area contributed by atoms with Crippen molar-refractivity contribution in [2.45, 2.75) is 6.42 Å². The van der Waals surface area contributed by atoms with Crippen LogP contribution in [-0.2, 0) is 6.42 Å². The number of rotatable bonds is 1. The molecule has 1 aromatic rings. The molecule has 0 spiro atoms. The van der Waals surface area contributed by atoms with E-state index in [0.29, 0.717) is 5.15 Å². The van der Waals surface area contributed by atoms with Crippen LogP contribution in [0.2, 0.25) is 5.15 Å². The van der Waals surface area contributed by atoms with E-state index in [9.17, 15) is 0 Å². The molecule has 0 aromatic carbocycles. The monoisotopic (exact) mass is 306 g/mol. The van der Waals surface area contributed by atoms with E-state index in [1.165, 1.54) is 9.14 Å². The van der Waals surface area contributed by atoms with Gasteiger partial charge in [-0.2, -0.15) is 0 Å². The first-order valence-electron chi connectivity index (χ1n) is 3.95. The number of nitrogens with zero attached hydrogens (tertiary/aromatic N) is 1. The van der Waals surface area contributed by atoms with Gasteiger partial charge in [0.1, 0.15) is 5.15 Å². The average Bonchev–Trinajstić information content (AvgIpc) is 2.46. The minimum absolute atomic E-state index is 0.558. The predicted molar refractivity (Wildman–Crippen MR) is 64.5 cm³/mol. The Morgan fingerprint density at radius 1 is 1.62 bits per heavy atom. The number of hydrogen-bond donors (Lipinski definition) is 1. The first-order chi connectivity index (χ1) is 6.22. The Hall–Kier alpha value is -0.290. The minimum atomic E-state index is 0.558. The molecular weight excluding hydrogens is 298 g/mol. The number of fused-ring (bicyclic) bond motifs is 1. The van der Waals surface area contributed by atoms with E-state index in [1.54, 1.807) is 0 Å². The maximum atomic E-state index is 5.88. The molecule has 68 valence electrons. The first kappa shape index (κ1) is 9.27. The molecule has 0 fully saturated rings. The van der Waals surface area contributed by atoms with E-state index in [2.05, 4.69) is 39.0 Å². The maximum absolute atomic E-state index is 5.88. The third-order valence-corrected chi connectivity index (χ3v) is 3.22. The van der Waals surface area contributed by atoms with Crippen molar-refractivity contribution in [3.05, 3.63) is 28.6 Å². The highest BCUT2D eigenvalue weighted by Crippen LogP contribution is 2.37. The number of allylic oxidation sites excluding steroid dienone is 1. The standard InChI is InChI=1S/C9H8ClIN2/c1-12-7-4-8(10)13-6-3-2-5(11)9(6)7/h2,4H,3H2,1H3,(H,12,13). The third-order valence-electron chi connectivity index (χ3n) is 2.05. The molecule has 0 atom stereocenters. The van der Waals surface area contributed by atoms with E-state index >= 15 is 0 Å². The largest absolute Gasteiger partial charge is 0.387 e. The number of nitrogens with one attached hydrogen (secondary N) is 1. The van der Waals surface area contributed by atoms with Crippen molar-refractivity contribution in [1.29, 1.82) is 0 Å². The summed E-state index contributed by atoms with van der Waals surface area (Å²) in [5, 5.41) is 3.69. The number of pyridine rings is 1. The highest BCUT2D eigenvalue weighted by Gasteiger charge is 2.17. The second-order valence-corrected chi connectivity index (χ2v) is 4.37. The highest BCUT2D eigenvalue weighted by molar-refractivity contribution is 14.1. The van der Waals surface area contributed by atoms with Gasteiger partial charge in [0.25, 0.3) is 0 Å². The summed E-state index contributed by atoms with van der Waals surface area (Å²) in [5.74, 6) is 0. The number of anilines is 1. The zero-order valence-electron chi connectivity index (χ0n) is 7.06. The van der Waals surface area contributed by atoms with E-state index < -0.39 is 0 Å². The van der Waals surface area contributed by atoms with Gasteiger partial charge in [-0.15, -0.1) is 0 Å². The van der Waals surface area contributed by atoms with Crippen LogP contribution in [0.1, 0.15) is 11.3 Å². The summed E-state index contributed by atoms with van der Waals surface area (Å²) in [7, 11) is 1.90. The summed E-state index contributed by atoms with van der Waals surface area (Å²) in [4.78, 5) is 4.28. The van der Waals surface area contributed by atoms with E-state index in [-0.39, 0.29) is 0 Å². The Balaban J connectivity index is 2.63. The van der Waals surface area contributed by atoms with Gasteiger partial charge in [0.2, 0.25) is 0 Å². The molecule has 4 heteroatoms. The Bertz CT molecular complexity index is 387. The van der Waals surface area contributed by atoms with Crippen LogP contribution in [0.3, 0.4) is 0 Å². The van der Waals surface area contributed by atoms with Crippen molar-refractivity contribution in [2.24, 2.45) is 0 Å². The first-order valence-corrected chi connectivity index (χ1v) is 5.41. The molecule has 0 saturated carbocycles. The van der Waals surface area contributed by atoms with Crippen LogP contribution in [0.4, 0.5) is 5.69 Å². The molecule has 0 unspecified atom stereocenters. The Labute approximate surface area is 95.5 Å². The second-order valence-electron chi connectivity index (χ2n) is 2.82. The van der Waals surface area contributed by atoms with Gasteiger partial charge < -0.3 is 5.32 Å². The topological polar surface area (TPSA) is 24.9 Å². The lowest BCUT2D eigenvalue weighted by atomic mass is 10.2. The van der Waals surface area contributed by atoms with Gasteiger partial charge in [0.05, 0.1) is 5.69 Å². The van der Waals surface area contributed by atoms with Gasteiger partial charge in [-0.3, -0.25) is 0 Å². The van der Waals surface area contributed by atoms with Crippen LogP contribution >= 0.6 is 34.2 Å². The molecule has 0 radical (unpaired) electrons. The van der Waals surface area contributed by atoms with Crippen LogP contribution < -0.4 is 5.32 Å². The van der Waals surface area contributed by atoms with Crippen molar-refractivity contribution in [2.75, 3.05) is 12.4 Å². The number of halogens is 2. The molecule has 1 aliphatic carbocycles. The lowest BCUT2D eigenvalue weighted by molar-refractivity contribution is 1.13. The molecule has 2 nitrogen and oxygen atoms in total. The molecular formula is C9H8ClIN2. The van der Waals surface area contributed by atoms with Crippen LogP contribution in [0.25, 0.3) is 3.58 Å². The molecule has 0 aliphatic heterocycles. The Kier molecular flexibility index (Phi) is 2.47. The quantitative estimate of drug-likeness (QED) is 0.637. The molecule has 0 bridgehead atoms. The zero-order chi connectivity index (χ0) is 9.42. The van der Waals surface area contributed by atoms with Gasteiger partial charge in [-0.25, -0.2) is 4.98 Å². The summed E-state index contributed by atoms with van der Waals surface area (Å²) in [6.07, 6.45) is 3.05. The molecule has 0 amide bonds. The van der Waals surface area contributed by atoms with E-state index in [4.69, 9.17) is 11.6 Å². The van der Waals surface area contributed by atoms with Crippen molar-refractivity contribution in [1.82, 2.24) is 4.98 Å². The van der Waals surface area contributed by atoms with Gasteiger partial charge >= 0.3 is 0 Å². The van der Waals surface area contributed by atoms with Crippen LogP contribution in [0, 0.1) is 0 Å². The Morgan fingerprint density at radius 2 is 2.38 bits per heavy atom. The average molecular weight is 307 g/mol. The molecule has 1 aromatic heterocycles. The molecule has 1 aliphatic rings. The van der Waals surface area contributed by atoms with Gasteiger partial charge in [0.15, 0.2) is 0 Å². The third kappa shape index (κ3) is 1.55. The zero-order valence-corrected chi connectivity index (χ0v) is 9.98. The highest BCUT2D eigenvalue weighted by atomic mass is 127. The fraction of sp³-hybridized carbons (Fsp3) is 0.222. The number of aromatic nitrogens is 1. The molecule has 0 saturated heterocycles. The van der Waals surface area contributed by atoms with E-state index in [1.807, 2.05) is 13.1 Å². The van der Waals surface area contributed by atoms with Crippen LogP contribution in [0.5, 0.6) is 0 Å². The molecule has 1 N–H and O–H groups in total. The number of hydrogen-bond acceptors (Lipinski definition) is 2. The minimum Gasteiger partial charge on any atom is -0.387 e. The smallest absolute Gasteiger partial charge is 0.131 e. The fourth-order valence-electron chi connectivity index (χ4n) is 1.46.